The number of esters is 1. The molecule has 3 atom stereocenters. The van der Waals surface area contributed by atoms with Gasteiger partial charge in [0.25, 0.3) is 5.69 Å². The molecule has 0 spiro atoms. The van der Waals surface area contributed by atoms with Crippen molar-refractivity contribution < 1.29 is 19.2 Å². The first-order valence-electron chi connectivity index (χ1n) is 9.30. The van der Waals surface area contributed by atoms with Crippen LogP contribution in [0.1, 0.15) is 10.6 Å². The highest BCUT2D eigenvalue weighted by Gasteiger charge is 2.56. The summed E-state index contributed by atoms with van der Waals surface area (Å²) < 4.78 is 6.35. The number of nitro groups is 1. The maximum Gasteiger partial charge on any atom is 0.315 e. The van der Waals surface area contributed by atoms with E-state index in [1.807, 2.05) is 6.92 Å². The molecular weight excluding hydrogens is 462 g/mol. The molecule has 1 aromatic carbocycles. The molecule has 164 valence electrons. The highest BCUT2D eigenvalue weighted by Crippen LogP contribution is 2.44. The Kier molecular flexibility index (Phi) is 6.19. The van der Waals surface area contributed by atoms with Crippen LogP contribution in [0.15, 0.2) is 28.6 Å². The number of benzene rings is 1. The van der Waals surface area contributed by atoms with E-state index in [-0.39, 0.29) is 30.1 Å². The summed E-state index contributed by atoms with van der Waals surface area (Å²) in [5.74, 6) is 0.277. The second-order valence-electron chi connectivity index (χ2n) is 7.35. The third-order valence-corrected chi connectivity index (χ3v) is 8.99. The van der Waals surface area contributed by atoms with Crippen LogP contribution in [0.4, 0.5) is 5.69 Å². The fourth-order valence-corrected chi connectivity index (χ4v) is 6.96. The van der Waals surface area contributed by atoms with Crippen molar-refractivity contribution in [2.45, 2.75) is 29.3 Å². The number of rotatable bonds is 7. The molecule has 0 bridgehead atoms. The Bertz CT molecular complexity index is 1020. The van der Waals surface area contributed by atoms with E-state index >= 15 is 0 Å². The van der Waals surface area contributed by atoms with Crippen LogP contribution in [0.5, 0.6) is 0 Å². The Balaban J connectivity index is 1.47. The number of fused-ring (bicyclic) bond motifs is 1. The molecule has 0 aliphatic carbocycles. The van der Waals surface area contributed by atoms with E-state index in [1.165, 1.54) is 47.0 Å². The van der Waals surface area contributed by atoms with Gasteiger partial charge in [-0.15, -0.1) is 22.0 Å². The van der Waals surface area contributed by atoms with E-state index in [2.05, 4.69) is 10.2 Å². The quantitative estimate of drug-likeness (QED) is 0.205. The maximum atomic E-state index is 13.2. The number of thioether (sulfide) groups is 2. The van der Waals surface area contributed by atoms with Crippen LogP contribution in [0.3, 0.4) is 0 Å². The number of carbonyl (C=O) groups excluding carboxylic acids is 2. The number of non-ortho nitro benzene ring substituents is 1. The molecule has 2 N–H and O–H groups in total. The lowest BCUT2D eigenvalue weighted by atomic mass is 9.89. The average molecular weight is 482 g/mol. The molecule has 13 heteroatoms. The summed E-state index contributed by atoms with van der Waals surface area (Å²) in [5, 5.41) is 19.6. The fourth-order valence-electron chi connectivity index (χ4n) is 3.35. The monoisotopic (exact) mass is 481 g/mol. The molecule has 0 radical (unpaired) electrons. The summed E-state index contributed by atoms with van der Waals surface area (Å²) in [4.78, 5) is 37.4. The Labute approximate surface area is 190 Å². The highest BCUT2D eigenvalue weighted by atomic mass is 32.2. The Hall–Kier alpha value is -2.22. The summed E-state index contributed by atoms with van der Waals surface area (Å²) in [6, 6.07) is 5.32. The van der Waals surface area contributed by atoms with E-state index in [0.29, 0.717) is 17.1 Å². The number of aryl methyl sites for hydroxylation is 1. The molecule has 3 heterocycles. The van der Waals surface area contributed by atoms with Crippen LogP contribution in [0.2, 0.25) is 0 Å². The summed E-state index contributed by atoms with van der Waals surface area (Å²) in [6.07, 6.45) is 0. The minimum Gasteiger partial charge on any atom is -0.460 e. The van der Waals surface area contributed by atoms with Crippen LogP contribution in [-0.2, 0) is 20.9 Å². The molecule has 31 heavy (non-hydrogen) atoms. The molecule has 2 aliphatic rings. The largest absolute Gasteiger partial charge is 0.460 e. The van der Waals surface area contributed by atoms with Gasteiger partial charge in [0.1, 0.15) is 28.4 Å². The first-order valence-corrected chi connectivity index (χ1v) is 12.2. The minimum absolute atomic E-state index is 0.0112. The third-order valence-electron chi connectivity index (χ3n) is 5.12. The van der Waals surface area contributed by atoms with E-state index in [9.17, 15) is 19.7 Å². The molecule has 2 aliphatic heterocycles. The number of ether oxygens (including phenoxy) is 1. The fraction of sp³-hybridized carbons (Fsp3) is 0.444. The minimum atomic E-state index is -0.915. The molecule has 0 saturated carbocycles. The van der Waals surface area contributed by atoms with Crippen molar-refractivity contribution in [1.29, 1.82) is 0 Å². The van der Waals surface area contributed by atoms with E-state index in [1.54, 1.807) is 17.0 Å². The SMILES string of the molecule is Cc1nnc(SCC2(C(=O)OCc3ccc([N+](=O)[O-])cc3)CS[C@@H]3C(N)C(=O)N3C2)s1. The summed E-state index contributed by atoms with van der Waals surface area (Å²) in [7, 11) is 0. The van der Waals surface area contributed by atoms with Crippen LogP contribution >= 0.6 is 34.9 Å². The number of aromatic nitrogens is 2. The molecule has 10 nitrogen and oxygen atoms in total. The van der Waals surface area contributed by atoms with Gasteiger partial charge in [-0.3, -0.25) is 19.7 Å². The molecule has 1 aromatic heterocycles. The van der Waals surface area contributed by atoms with Crippen LogP contribution in [-0.4, -0.2) is 61.4 Å². The van der Waals surface area contributed by atoms with Crippen molar-refractivity contribution in [2.24, 2.45) is 11.1 Å². The summed E-state index contributed by atoms with van der Waals surface area (Å²) >= 11 is 4.35. The normalized spacial score (nSPS) is 25.0. The van der Waals surface area contributed by atoms with Crippen molar-refractivity contribution in [2.75, 3.05) is 18.1 Å². The summed E-state index contributed by atoms with van der Waals surface area (Å²) in [6.45, 7) is 2.08. The van der Waals surface area contributed by atoms with Crippen molar-refractivity contribution in [3.63, 3.8) is 0 Å². The van der Waals surface area contributed by atoms with E-state index in [0.717, 1.165) is 9.35 Å². The van der Waals surface area contributed by atoms with Gasteiger partial charge in [-0.2, -0.15) is 0 Å². The number of amides is 1. The number of nitro benzene ring substituents is 1. The van der Waals surface area contributed by atoms with Gasteiger partial charge in [0, 0.05) is 30.2 Å². The molecule has 1 amide bonds. The zero-order valence-electron chi connectivity index (χ0n) is 16.4. The number of carbonyl (C=O) groups is 2. The highest BCUT2D eigenvalue weighted by molar-refractivity contribution is 8.01. The predicted molar refractivity (Wildman–Crippen MR) is 117 cm³/mol. The average Bonchev–Trinajstić information content (AvgIpc) is 3.20. The molecule has 2 fully saturated rings. The van der Waals surface area contributed by atoms with Gasteiger partial charge < -0.3 is 15.4 Å². The topological polar surface area (TPSA) is 142 Å². The van der Waals surface area contributed by atoms with Gasteiger partial charge in [0.15, 0.2) is 4.34 Å². The first kappa shape index (κ1) is 22.0. The number of hydrogen-bond acceptors (Lipinski definition) is 11. The first-order chi connectivity index (χ1) is 14.8. The standard InChI is InChI=1S/C18H19N5O5S3/c1-10-20-21-17(31-10)30-9-18(7-22-14(24)13(19)15(22)29-8-18)16(25)28-6-11-2-4-12(5-3-11)23(26)27/h2-5,13,15H,6-9,19H2,1H3/t13?,15-,18?/m1/s1. The van der Waals surface area contributed by atoms with Crippen LogP contribution in [0.25, 0.3) is 0 Å². The molecular formula is C18H19N5O5S3. The van der Waals surface area contributed by atoms with Crippen LogP contribution < -0.4 is 5.73 Å². The van der Waals surface area contributed by atoms with Gasteiger partial charge in [0.05, 0.1) is 4.92 Å². The van der Waals surface area contributed by atoms with Crippen molar-refractivity contribution in [3.8, 4) is 0 Å². The Morgan fingerprint density at radius 2 is 2.16 bits per heavy atom. The van der Waals surface area contributed by atoms with E-state index < -0.39 is 22.3 Å². The Morgan fingerprint density at radius 3 is 2.81 bits per heavy atom. The molecule has 2 aromatic rings. The maximum absolute atomic E-state index is 13.2. The van der Waals surface area contributed by atoms with Gasteiger partial charge >= 0.3 is 5.97 Å². The number of hydrogen-bond donors (Lipinski definition) is 1. The number of nitrogens with two attached hydrogens (primary N) is 1. The van der Waals surface area contributed by atoms with Gasteiger partial charge in [-0.1, -0.05) is 23.1 Å². The lowest BCUT2D eigenvalue weighted by molar-refractivity contribution is -0.384. The zero-order valence-corrected chi connectivity index (χ0v) is 18.9. The lowest BCUT2D eigenvalue weighted by Gasteiger charge is -2.53. The van der Waals surface area contributed by atoms with Crippen molar-refractivity contribution >= 4 is 52.4 Å². The van der Waals surface area contributed by atoms with Gasteiger partial charge in [-0.25, -0.2) is 0 Å². The Morgan fingerprint density at radius 1 is 1.42 bits per heavy atom. The molecule has 2 saturated heterocycles. The van der Waals surface area contributed by atoms with Gasteiger partial charge in [0.2, 0.25) is 5.91 Å². The van der Waals surface area contributed by atoms with E-state index in [4.69, 9.17) is 10.5 Å². The zero-order chi connectivity index (χ0) is 22.2. The van der Waals surface area contributed by atoms with Crippen LogP contribution in [0, 0.1) is 22.5 Å². The number of nitrogens with zero attached hydrogens (tertiary/aromatic N) is 4. The second kappa shape index (κ2) is 8.73. The third kappa shape index (κ3) is 4.40. The molecule has 2 unspecified atom stereocenters. The van der Waals surface area contributed by atoms with Gasteiger partial charge in [-0.05, 0) is 24.6 Å². The summed E-state index contributed by atoms with van der Waals surface area (Å²) in [5.41, 5.74) is 5.58. The second-order valence-corrected chi connectivity index (χ2v) is 10.9. The van der Waals surface area contributed by atoms with Crippen molar-refractivity contribution in [1.82, 2.24) is 15.1 Å². The molecule has 4 rings (SSSR count). The smallest absolute Gasteiger partial charge is 0.315 e. The predicted octanol–water partition coefficient (Wildman–Crippen LogP) is 1.82. The van der Waals surface area contributed by atoms with Crippen molar-refractivity contribution in [3.05, 3.63) is 45.0 Å². The number of β-lactam (4-membered cyclic amide) rings is 1. The lowest BCUT2D eigenvalue weighted by Crippen LogP contribution is -2.72.